The van der Waals surface area contributed by atoms with Crippen molar-refractivity contribution in [1.82, 2.24) is 0 Å². The molecule has 1 rings (SSSR count). The fourth-order valence-corrected chi connectivity index (χ4v) is 3.72. The molecule has 0 aromatic heterocycles. The Kier molecular flexibility index (Phi) is 5.65. The summed E-state index contributed by atoms with van der Waals surface area (Å²) >= 11 is 0. The van der Waals surface area contributed by atoms with Crippen molar-refractivity contribution >= 4 is 13.4 Å². The second-order valence-electron chi connectivity index (χ2n) is 7.81. The van der Waals surface area contributed by atoms with Gasteiger partial charge in [0.1, 0.15) is 0 Å². The molecule has 0 amide bonds. The summed E-state index contributed by atoms with van der Waals surface area (Å²) in [4.78, 5) is 12.8. The van der Waals surface area contributed by atoms with Gasteiger partial charge < -0.3 is 9.05 Å². The maximum Gasteiger partial charge on any atom is 0.331 e. The van der Waals surface area contributed by atoms with Crippen LogP contribution < -0.4 is 0 Å². The monoisotopic (exact) mass is 328 g/mol. The third-order valence-corrected chi connectivity index (χ3v) is 5.84. The van der Waals surface area contributed by atoms with Crippen LogP contribution in [-0.4, -0.2) is 26.2 Å². The van der Waals surface area contributed by atoms with Gasteiger partial charge in [0, 0.05) is 31.3 Å². The van der Waals surface area contributed by atoms with Crippen LogP contribution in [0.3, 0.4) is 0 Å². The van der Waals surface area contributed by atoms with E-state index < -0.39 is 7.60 Å². The van der Waals surface area contributed by atoms with Crippen LogP contribution in [0.5, 0.6) is 0 Å². The van der Waals surface area contributed by atoms with Crippen LogP contribution >= 0.6 is 7.60 Å². The summed E-state index contributed by atoms with van der Waals surface area (Å²) in [6.07, 6.45) is 4.08. The normalized spacial score (nSPS) is 18.3. The van der Waals surface area contributed by atoms with E-state index in [1.807, 2.05) is 53.7 Å². The highest BCUT2D eigenvalue weighted by Crippen LogP contribution is 2.50. The Bertz CT molecular complexity index is 502. The number of carbonyl (C=O) groups excluding carboxylic acids is 1. The molecule has 4 nitrogen and oxygen atoms in total. The Morgan fingerprint density at radius 3 is 1.59 bits per heavy atom. The van der Waals surface area contributed by atoms with Crippen LogP contribution in [-0.2, 0) is 18.4 Å². The number of hydrogen-bond acceptors (Lipinski definition) is 4. The molecule has 0 bridgehead atoms. The Morgan fingerprint density at radius 2 is 1.32 bits per heavy atom. The van der Waals surface area contributed by atoms with Gasteiger partial charge in [0.15, 0.2) is 5.78 Å². The average molecular weight is 328 g/mol. The van der Waals surface area contributed by atoms with Gasteiger partial charge in [-0.25, -0.2) is 0 Å². The molecule has 1 aliphatic rings. The molecule has 126 valence electrons. The second kappa shape index (κ2) is 6.43. The third-order valence-electron chi connectivity index (χ3n) is 3.86. The third kappa shape index (κ3) is 4.41. The van der Waals surface area contributed by atoms with Gasteiger partial charge in [-0.15, -0.1) is 0 Å². The quantitative estimate of drug-likeness (QED) is 0.707. The number of Topliss-reactive ketones (excluding diaryl/α,β-unsaturated/α-hetero) is 1. The largest absolute Gasteiger partial charge is 0.331 e. The van der Waals surface area contributed by atoms with Gasteiger partial charge in [-0.3, -0.25) is 9.36 Å². The van der Waals surface area contributed by atoms with Gasteiger partial charge in [0.05, 0.1) is 6.16 Å². The molecule has 0 N–H and O–H groups in total. The van der Waals surface area contributed by atoms with Crippen molar-refractivity contribution in [2.24, 2.45) is 16.7 Å². The van der Waals surface area contributed by atoms with E-state index in [9.17, 15) is 9.36 Å². The van der Waals surface area contributed by atoms with Crippen molar-refractivity contribution in [3.8, 4) is 0 Å². The van der Waals surface area contributed by atoms with E-state index in [1.165, 1.54) is 14.2 Å². The lowest BCUT2D eigenvalue weighted by Gasteiger charge is -2.33. The summed E-state index contributed by atoms with van der Waals surface area (Å²) in [5.74, 6) is -0.0483. The molecular formula is C17H29O4P. The first-order valence-electron chi connectivity index (χ1n) is 7.54. The van der Waals surface area contributed by atoms with Crippen LogP contribution in [0.1, 0.15) is 41.5 Å². The lowest BCUT2D eigenvalue weighted by atomic mass is 9.71. The molecule has 0 heterocycles. The summed E-state index contributed by atoms with van der Waals surface area (Å²) in [5, 5.41) is 0. The lowest BCUT2D eigenvalue weighted by Crippen LogP contribution is -2.30. The van der Waals surface area contributed by atoms with Crippen molar-refractivity contribution in [1.29, 1.82) is 0 Å². The maximum atomic E-state index is 12.8. The van der Waals surface area contributed by atoms with E-state index in [1.54, 1.807) is 0 Å². The maximum absolute atomic E-state index is 12.8. The Labute approximate surface area is 134 Å². The number of rotatable bonds is 4. The number of hydrogen-bond donors (Lipinski definition) is 0. The fourth-order valence-electron chi connectivity index (χ4n) is 2.54. The molecule has 1 aliphatic carbocycles. The fraction of sp³-hybridized carbons (Fsp3) is 0.706. The highest BCUT2D eigenvalue weighted by atomic mass is 31.2. The Hall–Kier alpha value is -0.700. The minimum Gasteiger partial charge on any atom is -0.312 e. The van der Waals surface area contributed by atoms with Gasteiger partial charge in [-0.1, -0.05) is 53.7 Å². The van der Waals surface area contributed by atoms with Gasteiger partial charge in [-0.2, -0.15) is 0 Å². The van der Waals surface area contributed by atoms with Crippen molar-refractivity contribution < 1.29 is 18.4 Å². The van der Waals surface area contributed by atoms with Crippen LogP contribution in [0.2, 0.25) is 0 Å². The van der Waals surface area contributed by atoms with E-state index in [2.05, 4.69) is 0 Å². The highest BCUT2D eigenvalue weighted by Gasteiger charge is 2.37. The molecule has 0 unspecified atom stereocenters. The van der Waals surface area contributed by atoms with Crippen LogP contribution in [0, 0.1) is 16.7 Å². The minimum atomic E-state index is -3.13. The average Bonchev–Trinajstić information content (AvgIpc) is 2.37. The predicted molar refractivity (Wildman–Crippen MR) is 90.1 cm³/mol. The SMILES string of the molecule is COP(=O)(CC1C=C(C(C)(C)C)C(=O)C(C(C)(C)C)=C1)OC. The Balaban J connectivity index is 3.30. The van der Waals surface area contributed by atoms with Gasteiger partial charge in [-0.05, 0) is 10.8 Å². The summed E-state index contributed by atoms with van der Waals surface area (Å²) in [7, 11) is -0.348. The summed E-state index contributed by atoms with van der Waals surface area (Å²) in [6.45, 7) is 12.1. The molecule has 0 aromatic rings. The molecule has 5 heteroatoms. The molecule has 0 atom stereocenters. The van der Waals surface area contributed by atoms with E-state index in [-0.39, 0.29) is 28.7 Å². The van der Waals surface area contributed by atoms with Crippen molar-refractivity contribution in [2.75, 3.05) is 20.4 Å². The van der Waals surface area contributed by atoms with Crippen molar-refractivity contribution in [3.63, 3.8) is 0 Å². The van der Waals surface area contributed by atoms with E-state index in [0.717, 1.165) is 11.1 Å². The number of carbonyl (C=O) groups is 1. The van der Waals surface area contributed by atoms with E-state index >= 15 is 0 Å². The summed E-state index contributed by atoms with van der Waals surface area (Å²) in [5.41, 5.74) is 1.02. The van der Waals surface area contributed by atoms with Gasteiger partial charge in [0.2, 0.25) is 0 Å². The summed E-state index contributed by atoms with van der Waals surface area (Å²) in [6, 6.07) is 0. The molecule has 22 heavy (non-hydrogen) atoms. The van der Waals surface area contributed by atoms with Crippen molar-refractivity contribution in [2.45, 2.75) is 41.5 Å². The minimum absolute atomic E-state index is 0.0842. The molecular weight excluding hydrogens is 299 g/mol. The number of allylic oxidation sites excluding steroid dienone is 4. The van der Waals surface area contributed by atoms with Crippen molar-refractivity contribution in [3.05, 3.63) is 23.3 Å². The predicted octanol–water partition coefficient (Wildman–Crippen LogP) is 4.62. The molecule has 0 aromatic carbocycles. The van der Waals surface area contributed by atoms with E-state index in [4.69, 9.17) is 9.05 Å². The first-order chi connectivity index (χ1) is 9.84. The molecule has 0 spiro atoms. The number of ketones is 1. The summed E-state index contributed by atoms with van der Waals surface area (Å²) < 4.78 is 22.5. The zero-order valence-corrected chi connectivity index (χ0v) is 15.9. The highest BCUT2D eigenvalue weighted by molar-refractivity contribution is 7.53. The lowest BCUT2D eigenvalue weighted by molar-refractivity contribution is -0.114. The zero-order chi connectivity index (χ0) is 17.3. The van der Waals surface area contributed by atoms with Gasteiger partial charge in [0.25, 0.3) is 0 Å². The van der Waals surface area contributed by atoms with Gasteiger partial charge >= 0.3 is 7.60 Å². The molecule has 0 fully saturated rings. The second-order valence-corrected chi connectivity index (χ2v) is 10.1. The van der Waals surface area contributed by atoms with Crippen LogP contribution in [0.15, 0.2) is 23.3 Å². The molecule has 0 saturated heterocycles. The van der Waals surface area contributed by atoms with E-state index in [0.29, 0.717) is 0 Å². The standard InChI is InChI=1S/C17H29O4P/c1-16(2,3)13-9-12(11-22(19,20-7)21-8)10-14(15(13)18)17(4,5)6/h9-10,12H,11H2,1-8H3. The molecule has 0 saturated carbocycles. The Morgan fingerprint density at radius 1 is 0.955 bits per heavy atom. The zero-order valence-electron chi connectivity index (χ0n) is 15.0. The van der Waals surface area contributed by atoms with Crippen LogP contribution in [0.4, 0.5) is 0 Å². The first kappa shape index (κ1) is 19.3. The first-order valence-corrected chi connectivity index (χ1v) is 9.26. The molecule has 0 aliphatic heterocycles. The smallest absolute Gasteiger partial charge is 0.312 e. The van der Waals surface area contributed by atoms with Crippen LogP contribution in [0.25, 0.3) is 0 Å². The molecule has 0 radical (unpaired) electrons. The topological polar surface area (TPSA) is 52.6 Å².